The van der Waals surface area contributed by atoms with Crippen molar-refractivity contribution >= 4 is 0 Å². The molecule has 1 aliphatic carbocycles. The molecule has 0 aromatic rings. The molecular weight excluding hydrogens is 244 g/mol. The Morgan fingerprint density at radius 1 is 1.15 bits per heavy atom. The number of likely N-dealkylation sites (tertiary alicyclic amines) is 1. The first-order valence-electron chi connectivity index (χ1n) is 8.73. The van der Waals surface area contributed by atoms with E-state index in [1.807, 2.05) is 0 Å². The lowest BCUT2D eigenvalue weighted by Gasteiger charge is -2.49. The molecule has 0 amide bonds. The summed E-state index contributed by atoms with van der Waals surface area (Å²) >= 11 is 0. The number of hydrogen-bond donors (Lipinski definition) is 1. The minimum Gasteiger partial charge on any atom is -0.312 e. The molecule has 2 rings (SSSR count). The molecule has 0 spiro atoms. The van der Waals surface area contributed by atoms with E-state index in [1.54, 1.807) is 0 Å². The molecule has 1 saturated carbocycles. The van der Waals surface area contributed by atoms with Crippen molar-refractivity contribution in [2.24, 2.45) is 23.2 Å². The number of rotatable bonds is 4. The number of hydrogen-bond acceptors (Lipinski definition) is 2. The third-order valence-electron chi connectivity index (χ3n) is 5.42. The molecule has 4 atom stereocenters. The quantitative estimate of drug-likeness (QED) is 0.843. The Bertz CT molecular complexity index is 305. The van der Waals surface area contributed by atoms with Gasteiger partial charge in [-0.15, -0.1) is 0 Å². The summed E-state index contributed by atoms with van der Waals surface area (Å²) in [5.41, 5.74) is 0.388. The molecule has 2 aliphatic rings. The van der Waals surface area contributed by atoms with Crippen LogP contribution in [0.25, 0.3) is 0 Å². The number of nitrogens with zero attached hydrogens (tertiary/aromatic N) is 1. The Labute approximate surface area is 126 Å². The van der Waals surface area contributed by atoms with Gasteiger partial charge in [0.25, 0.3) is 0 Å². The predicted molar refractivity (Wildman–Crippen MR) is 87.9 cm³/mol. The topological polar surface area (TPSA) is 15.3 Å². The van der Waals surface area contributed by atoms with E-state index in [2.05, 4.69) is 51.8 Å². The lowest BCUT2D eigenvalue weighted by atomic mass is 9.77. The largest absolute Gasteiger partial charge is 0.312 e. The van der Waals surface area contributed by atoms with Crippen LogP contribution in [0, 0.1) is 23.2 Å². The molecule has 1 N–H and O–H groups in total. The zero-order valence-electron chi connectivity index (χ0n) is 14.6. The molecule has 1 heterocycles. The van der Waals surface area contributed by atoms with Crippen molar-refractivity contribution in [2.75, 3.05) is 19.6 Å². The number of piperidine rings is 1. The molecule has 0 radical (unpaired) electrons. The molecule has 20 heavy (non-hydrogen) atoms. The Hall–Kier alpha value is -0.0800. The highest BCUT2D eigenvalue weighted by atomic mass is 15.2. The average Bonchev–Trinajstić information content (AvgIpc) is 2.33. The maximum Gasteiger partial charge on any atom is 0.0198 e. The van der Waals surface area contributed by atoms with Crippen LogP contribution in [0.3, 0.4) is 0 Å². The van der Waals surface area contributed by atoms with Gasteiger partial charge in [-0.25, -0.2) is 0 Å². The van der Waals surface area contributed by atoms with Crippen molar-refractivity contribution in [2.45, 2.75) is 72.9 Å². The smallest absolute Gasteiger partial charge is 0.0198 e. The fourth-order valence-corrected chi connectivity index (χ4v) is 3.72. The van der Waals surface area contributed by atoms with Gasteiger partial charge in [0.15, 0.2) is 0 Å². The maximum absolute atomic E-state index is 3.85. The van der Waals surface area contributed by atoms with Crippen molar-refractivity contribution in [3.05, 3.63) is 0 Å². The summed E-state index contributed by atoms with van der Waals surface area (Å²) in [4.78, 5) is 2.81. The van der Waals surface area contributed by atoms with Crippen LogP contribution < -0.4 is 5.32 Å². The molecule has 0 bridgehead atoms. The maximum atomic E-state index is 3.85. The van der Waals surface area contributed by atoms with E-state index in [0.717, 1.165) is 30.3 Å². The zero-order valence-corrected chi connectivity index (χ0v) is 14.6. The standard InChI is InChI=1S/C18H36N2/c1-13(2)15-9-16(19-12-18(4,5)6)11-20(10-15)17-8-7-14(17)3/h13-17,19H,7-12H2,1-6H3. The lowest BCUT2D eigenvalue weighted by Crippen LogP contribution is -2.57. The summed E-state index contributed by atoms with van der Waals surface area (Å²) in [6.45, 7) is 18.0. The Balaban J connectivity index is 1.93. The zero-order chi connectivity index (χ0) is 14.9. The molecule has 1 aliphatic heterocycles. The molecule has 0 aromatic heterocycles. The third kappa shape index (κ3) is 4.21. The summed E-state index contributed by atoms with van der Waals surface area (Å²) in [6, 6.07) is 1.57. The first-order chi connectivity index (χ1) is 9.26. The van der Waals surface area contributed by atoms with Crippen LogP contribution >= 0.6 is 0 Å². The van der Waals surface area contributed by atoms with Gasteiger partial charge in [-0.1, -0.05) is 41.5 Å². The van der Waals surface area contributed by atoms with Gasteiger partial charge in [0.1, 0.15) is 0 Å². The molecule has 4 unspecified atom stereocenters. The van der Waals surface area contributed by atoms with E-state index < -0.39 is 0 Å². The van der Waals surface area contributed by atoms with Crippen molar-refractivity contribution in [1.82, 2.24) is 10.2 Å². The van der Waals surface area contributed by atoms with Crippen LogP contribution in [0.2, 0.25) is 0 Å². The minimum absolute atomic E-state index is 0.388. The molecule has 2 heteroatoms. The summed E-state index contributed by atoms with van der Waals surface area (Å²) in [5.74, 6) is 2.60. The van der Waals surface area contributed by atoms with Crippen LogP contribution in [-0.4, -0.2) is 36.6 Å². The normalized spacial score (nSPS) is 36.1. The van der Waals surface area contributed by atoms with Crippen LogP contribution in [0.5, 0.6) is 0 Å². The van der Waals surface area contributed by atoms with E-state index >= 15 is 0 Å². The van der Waals surface area contributed by atoms with E-state index in [4.69, 9.17) is 0 Å². The van der Waals surface area contributed by atoms with Crippen molar-refractivity contribution < 1.29 is 0 Å². The van der Waals surface area contributed by atoms with Crippen LogP contribution in [0.4, 0.5) is 0 Å². The minimum atomic E-state index is 0.388. The van der Waals surface area contributed by atoms with Crippen molar-refractivity contribution in [1.29, 1.82) is 0 Å². The third-order valence-corrected chi connectivity index (χ3v) is 5.42. The second kappa shape index (κ2) is 6.36. The van der Waals surface area contributed by atoms with Gasteiger partial charge < -0.3 is 5.32 Å². The molecular formula is C18H36N2. The van der Waals surface area contributed by atoms with Crippen molar-refractivity contribution in [3.8, 4) is 0 Å². The van der Waals surface area contributed by atoms with Gasteiger partial charge in [-0.3, -0.25) is 4.90 Å². The van der Waals surface area contributed by atoms with E-state index in [-0.39, 0.29) is 0 Å². The molecule has 2 nitrogen and oxygen atoms in total. The SMILES string of the molecule is CC(C)C1CC(NCC(C)(C)C)CN(C2CCC2C)C1. The predicted octanol–water partition coefficient (Wildman–Crippen LogP) is 3.77. The molecule has 2 fully saturated rings. The average molecular weight is 280 g/mol. The van der Waals surface area contributed by atoms with Crippen LogP contribution in [-0.2, 0) is 0 Å². The fraction of sp³-hybridized carbons (Fsp3) is 1.00. The monoisotopic (exact) mass is 280 g/mol. The van der Waals surface area contributed by atoms with Crippen molar-refractivity contribution in [3.63, 3.8) is 0 Å². The Morgan fingerprint density at radius 3 is 2.30 bits per heavy atom. The first-order valence-corrected chi connectivity index (χ1v) is 8.73. The molecule has 0 aromatic carbocycles. The summed E-state index contributed by atoms with van der Waals surface area (Å²) in [6.07, 6.45) is 4.23. The van der Waals surface area contributed by atoms with Crippen LogP contribution in [0.15, 0.2) is 0 Å². The Morgan fingerprint density at radius 2 is 1.85 bits per heavy atom. The Kier molecular flexibility index (Phi) is 5.18. The van der Waals surface area contributed by atoms with Gasteiger partial charge in [0, 0.05) is 31.7 Å². The second-order valence-electron chi connectivity index (χ2n) is 8.95. The fourth-order valence-electron chi connectivity index (χ4n) is 3.72. The summed E-state index contributed by atoms with van der Waals surface area (Å²) in [7, 11) is 0. The highest BCUT2D eigenvalue weighted by Gasteiger charge is 2.38. The van der Waals surface area contributed by atoms with Gasteiger partial charge in [0.05, 0.1) is 0 Å². The van der Waals surface area contributed by atoms with Gasteiger partial charge in [0.2, 0.25) is 0 Å². The summed E-state index contributed by atoms with van der Waals surface area (Å²) < 4.78 is 0. The summed E-state index contributed by atoms with van der Waals surface area (Å²) in [5, 5.41) is 3.85. The van der Waals surface area contributed by atoms with Gasteiger partial charge >= 0.3 is 0 Å². The first kappa shape index (κ1) is 16.3. The van der Waals surface area contributed by atoms with E-state index in [9.17, 15) is 0 Å². The van der Waals surface area contributed by atoms with Gasteiger partial charge in [-0.05, 0) is 42.4 Å². The highest BCUT2D eigenvalue weighted by molar-refractivity contribution is 4.93. The van der Waals surface area contributed by atoms with E-state index in [0.29, 0.717) is 11.5 Å². The lowest BCUT2D eigenvalue weighted by molar-refractivity contribution is 0.0120. The highest BCUT2D eigenvalue weighted by Crippen LogP contribution is 2.35. The van der Waals surface area contributed by atoms with Crippen LogP contribution in [0.1, 0.15) is 60.8 Å². The molecule has 118 valence electrons. The second-order valence-corrected chi connectivity index (χ2v) is 8.95. The van der Waals surface area contributed by atoms with Gasteiger partial charge in [-0.2, -0.15) is 0 Å². The van der Waals surface area contributed by atoms with E-state index in [1.165, 1.54) is 32.4 Å². The molecule has 1 saturated heterocycles. The number of nitrogens with one attached hydrogen (secondary N) is 1.